The van der Waals surface area contributed by atoms with Crippen molar-refractivity contribution >= 4 is 115 Å². The highest BCUT2D eigenvalue weighted by Gasteiger charge is 2.23. The Morgan fingerprint density at radius 2 is 0.857 bits per heavy atom. The molecular formula is C103H83F4N14O12+. The topological polar surface area (TPSA) is 381 Å². The van der Waals surface area contributed by atoms with E-state index >= 15 is 0 Å². The van der Waals surface area contributed by atoms with Gasteiger partial charge in [0.2, 0.25) is 6.08 Å². The van der Waals surface area contributed by atoms with Gasteiger partial charge < -0.3 is 40.8 Å². The maximum absolute atomic E-state index is 13.4. The molecule has 26 nitrogen and oxygen atoms in total. The number of amides is 2. The van der Waals surface area contributed by atoms with E-state index in [2.05, 4.69) is 75.9 Å². The van der Waals surface area contributed by atoms with Crippen LogP contribution in [0.15, 0.2) is 315 Å². The minimum atomic E-state index is -0.541. The van der Waals surface area contributed by atoms with Gasteiger partial charge in [-0.2, -0.15) is 15.3 Å². The van der Waals surface area contributed by atoms with Crippen LogP contribution in [0.4, 0.5) is 62.3 Å². The number of nitrogens with one attached hydrogen (secondary N) is 6. The van der Waals surface area contributed by atoms with Gasteiger partial charge in [-0.1, -0.05) is 131 Å². The van der Waals surface area contributed by atoms with Gasteiger partial charge in [0.15, 0.2) is 22.9 Å². The number of isocyanates is 1. The first-order chi connectivity index (χ1) is 64.1. The lowest BCUT2D eigenvalue weighted by Gasteiger charge is -2.10. The molecule has 18 rings (SSSR count). The van der Waals surface area contributed by atoms with Crippen LogP contribution in [-0.2, 0) is 4.79 Å². The quantitative estimate of drug-likeness (QED) is 0.00282. The van der Waals surface area contributed by atoms with Crippen molar-refractivity contribution in [2.75, 3.05) is 34.9 Å². The van der Waals surface area contributed by atoms with Crippen LogP contribution in [0.25, 0.3) is 83.7 Å². The number of H-pyrrole nitrogens is 3. The third kappa shape index (κ3) is 25.3. The Bertz CT molecular complexity index is 7090. The number of hydrogen-bond acceptors (Lipinski definition) is 19. The predicted octanol–water partition coefficient (Wildman–Crippen LogP) is 24.1. The highest BCUT2D eigenvalue weighted by molar-refractivity contribution is 6.18. The molecule has 0 radical (unpaired) electrons. The summed E-state index contributed by atoms with van der Waals surface area (Å²) in [5.74, 6) is 0.493. The number of halogens is 4. The Labute approximate surface area is 758 Å². The number of nitro benzene ring substituents is 2. The van der Waals surface area contributed by atoms with Gasteiger partial charge in [0.1, 0.15) is 70.3 Å². The summed E-state index contributed by atoms with van der Waals surface area (Å²) in [6.07, 6.45) is 22.6. The number of fused-ring (bicyclic) bond motifs is 4. The molecule has 133 heavy (non-hydrogen) atoms. The third-order valence-corrected chi connectivity index (χ3v) is 20.1. The number of non-ortho nitro benzene ring substituents is 2. The fourth-order valence-corrected chi connectivity index (χ4v) is 13.3. The molecule has 664 valence electrons. The van der Waals surface area contributed by atoms with E-state index in [9.17, 15) is 66.6 Å². The number of nitrogen functional groups attached to an aromatic ring is 1. The first kappa shape index (κ1) is 94.3. The second-order valence-corrected chi connectivity index (χ2v) is 29.2. The van der Waals surface area contributed by atoms with Gasteiger partial charge in [0, 0.05) is 162 Å². The number of rotatable bonds is 24. The third-order valence-electron chi connectivity index (χ3n) is 20.1. The van der Waals surface area contributed by atoms with E-state index in [0.717, 1.165) is 99.7 Å². The number of urea groups is 1. The Hall–Kier alpha value is -17.9. The fourth-order valence-electron chi connectivity index (χ4n) is 13.3. The Morgan fingerprint density at radius 3 is 1.29 bits per heavy atom. The number of nitrogens with zero attached hydrogens (tertiary/aromatic N) is 7. The van der Waals surface area contributed by atoms with E-state index in [4.69, 9.17) is 15.2 Å². The Kier molecular flexibility index (Phi) is 32.3. The molecule has 1 aliphatic heterocycles. The van der Waals surface area contributed by atoms with Crippen molar-refractivity contribution in [3.63, 3.8) is 0 Å². The highest BCUT2D eigenvalue weighted by Crippen LogP contribution is 2.34. The standard InChI is InChI=1S/C31H27FN4O3.C20H12FN3O3.C20H14FN3O.C13H8FN2.C11H13NO2.C7H5NO3.CH4/c1-2-3-15-39-26-13-11-24(12-14-26)35-31(38)36-25-6-4-5-21(16-25)29(37)28-19-34-30-27(28)17-22(18-33-30)20-7-9-23(32)10-8-20;21-15-6-4-12(5-7-15)14-9-17-18(11-23-20(17)22-10-14)19(25)13-2-1-3-16(8-13)24(26)27;21-15-6-4-12(5-7-15)14-9-17-18(11-24-20(17)23-10-14)19(25)13-2-1-3-16(22)8-13;14-12-3-1-9(2-4-12)11-7-10-5-6-15-13(10)16-8-11;1-2-3-8-14-11-6-4-10(5-7-11)12-9-13;9-5-6-2-1-3-7(4-6)8(10)11;/h4-14,16-19H,2-3,15H2,1H3,(H,33,34)(H2,35,36,38);1-11H,(H,22,23);1-11H,22H2,(H,23,24);1-5,7-8H,(H,15,16);4-7H,2-3,8H2,1H3;1-5H;1H4/q;;;+1;;;. The molecule has 10 aromatic carbocycles. The number of aromatic amines is 3. The molecule has 1 aliphatic rings. The number of pyridine rings is 4. The Morgan fingerprint density at radius 1 is 0.466 bits per heavy atom. The fraction of sp³-hybridized carbons (Fsp3) is 0.0874. The van der Waals surface area contributed by atoms with Crippen LogP contribution in [0.2, 0.25) is 0 Å². The van der Waals surface area contributed by atoms with Crippen LogP contribution in [0.3, 0.4) is 0 Å². The minimum absolute atomic E-state index is 0. The average Bonchev–Trinajstić information content (AvgIpc) is 1.67. The normalized spacial score (nSPS) is 10.6. The van der Waals surface area contributed by atoms with Gasteiger partial charge in [0.25, 0.3) is 17.2 Å². The molecule has 0 spiro atoms. The van der Waals surface area contributed by atoms with Crippen molar-refractivity contribution in [3.8, 4) is 56.0 Å². The second kappa shape index (κ2) is 45.5. The van der Waals surface area contributed by atoms with Crippen LogP contribution in [0.5, 0.6) is 11.5 Å². The number of anilines is 4. The molecule has 17 aromatic rings. The van der Waals surface area contributed by atoms with Gasteiger partial charge in [-0.25, -0.2) is 42.1 Å². The summed E-state index contributed by atoms with van der Waals surface area (Å²) in [5, 5.41) is 31.5. The number of aromatic nitrogens is 7. The number of nitrogens with two attached hydrogens (primary N) is 1. The molecule has 0 atom stereocenters. The molecular weight excluding hydrogens is 1700 g/mol. The summed E-state index contributed by atoms with van der Waals surface area (Å²) in [5.41, 5.74) is 19.9. The maximum atomic E-state index is 13.4. The lowest BCUT2D eigenvalue weighted by Crippen LogP contribution is -2.19. The number of ether oxygens (including phenoxy) is 2. The molecule has 30 heteroatoms. The number of aldehydes is 1. The van der Waals surface area contributed by atoms with Crippen molar-refractivity contribution < 1.29 is 65.6 Å². The lowest BCUT2D eigenvalue weighted by molar-refractivity contribution is -0.385. The van der Waals surface area contributed by atoms with E-state index in [-0.39, 0.29) is 65.0 Å². The van der Waals surface area contributed by atoms with Gasteiger partial charge >= 0.3 is 6.03 Å². The van der Waals surface area contributed by atoms with Crippen LogP contribution >= 0.6 is 0 Å². The molecule has 0 saturated carbocycles. The molecule has 0 saturated heterocycles. The van der Waals surface area contributed by atoms with E-state index in [1.165, 1.54) is 109 Å². The molecule has 8 heterocycles. The smallest absolute Gasteiger partial charge is 0.323 e. The van der Waals surface area contributed by atoms with Gasteiger partial charge in [-0.05, 0) is 175 Å². The average molecular weight is 1780 g/mol. The summed E-state index contributed by atoms with van der Waals surface area (Å²) in [6.45, 7) is 5.61. The van der Waals surface area contributed by atoms with E-state index in [1.54, 1.807) is 177 Å². The van der Waals surface area contributed by atoms with Gasteiger partial charge in [0.05, 0.1) is 34.9 Å². The maximum Gasteiger partial charge on any atom is 0.323 e. The second-order valence-electron chi connectivity index (χ2n) is 29.2. The summed E-state index contributed by atoms with van der Waals surface area (Å²) in [4.78, 5) is 122. The number of hydrogen-bond donors (Lipinski definition) is 7. The number of unbranched alkanes of at least 4 members (excludes halogenated alkanes) is 2. The Balaban J connectivity index is 0.000000151. The lowest BCUT2D eigenvalue weighted by atomic mass is 10.0. The zero-order valence-electron chi connectivity index (χ0n) is 70.5. The molecule has 0 unspecified atom stereocenters. The van der Waals surface area contributed by atoms with Crippen molar-refractivity contribution in [2.45, 2.75) is 47.0 Å². The number of ketones is 3. The number of nitro groups is 2. The van der Waals surface area contributed by atoms with E-state index < -0.39 is 15.9 Å². The number of carbonyl (C=O) groups excluding carboxylic acids is 6. The van der Waals surface area contributed by atoms with Crippen molar-refractivity contribution in [3.05, 3.63) is 405 Å². The molecule has 0 fully saturated rings. The van der Waals surface area contributed by atoms with Crippen LogP contribution in [0, 0.1) is 49.7 Å². The monoisotopic (exact) mass is 1780 g/mol. The molecule has 0 bridgehead atoms. The number of benzene rings is 10. The largest absolute Gasteiger partial charge is 0.494 e. The van der Waals surface area contributed by atoms with Crippen LogP contribution < -0.4 is 31.2 Å². The molecule has 8 N–H and O–H groups in total. The van der Waals surface area contributed by atoms with Crippen molar-refractivity contribution in [2.24, 2.45) is 4.99 Å². The molecule has 0 aliphatic carbocycles. The van der Waals surface area contributed by atoms with Gasteiger partial charge in [-0.3, -0.25) is 39.4 Å². The van der Waals surface area contributed by atoms with Crippen molar-refractivity contribution in [1.29, 1.82) is 0 Å². The van der Waals surface area contributed by atoms with E-state index in [1.807, 2.05) is 36.4 Å². The SMILES string of the molecule is C.CCCCOc1ccc(N=C=O)cc1.CCCCOc1ccc(NC(=O)Nc2cccc(C(=O)c3c[nH]c4ncc(-c5ccc(F)cc5)cc34)c2)cc1.Fc1ccc(-c2cnc3c(c2)C=[C+]N3)cc1.Nc1cccc(C(=O)c2c[nH]c3ncc(-c4ccc(F)cc4)cc23)c1.O=C(c1cccc([N+](=O)[O-])c1)c1c[nH]c2ncc(-c3ccc(F)cc3)cc12.O=Cc1cccc([N+](=O)[O-])c1. The minimum Gasteiger partial charge on any atom is -0.494 e. The highest BCUT2D eigenvalue weighted by atomic mass is 19.1. The van der Waals surface area contributed by atoms with Crippen LogP contribution in [0.1, 0.15) is 111 Å². The first-order valence-electron chi connectivity index (χ1n) is 41.0. The zero-order valence-corrected chi connectivity index (χ0v) is 70.5. The first-order valence-corrected chi connectivity index (χ1v) is 41.0. The van der Waals surface area contributed by atoms with E-state index in [0.29, 0.717) is 102 Å². The van der Waals surface area contributed by atoms with Crippen molar-refractivity contribution in [1.82, 2.24) is 34.9 Å². The summed E-state index contributed by atoms with van der Waals surface area (Å²) >= 11 is 0. The predicted molar refractivity (Wildman–Crippen MR) is 505 cm³/mol. The van der Waals surface area contributed by atoms with Crippen LogP contribution in [-0.4, -0.2) is 93.7 Å². The molecule has 7 aromatic heterocycles. The zero-order chi connectivity index (χ0) is 93.0. The van der Waals surface area contributed by atoms with Gasteiger partial charge in [-0.15, -0.1) is 0 Å². The molecule has 2 amide bonds. The summed E-state index contributed by atoms with van der Waals surface area (Å²) in [6, 6.07) is 70.7. The number of aliphatic imine (C=N–C) groups is 1. The number of carbonyl (C=O) groups is 5. The summed E-state index contributed by atoms with van der Waals surface area (Å²) < 4.78 is 63.5. The summed E-state index contributed by atoms with van der Waals surface area (Å²) in [7, 11) is 0.